The summed E-state index contributed by atoms with van der Waals surface area (Å²) in [4.78, 5) is 19.6. The molecule has 130 valence electrons. The molecule has 0 bridgehead atoms. The molecular formula is C17H23N3O3S. The van der Waals surface area contributed by atoms with Crippen LogP contribution in [-0.2, 0) is 13.1 Å². The molecule has 7 heteroatoms. The molecule has 0 aliphatic rings. The van der Waals surface area contributed by atoms with E-state index in [1.54, 1.807) is 14.2 Å². The van der Waals surface area contributed by atoms with Crippen LogP contribution < -0.4 is 14.8 Å². The number of thiazole rings is 1. The van der Waals surface area contributed by atoms with E-state index >= 15 is 0 Å². The average molecular weight is 349 g/mol. The average Bonchev–Trinajstić information content (AvgIpc) is 2.91. The van der Waals surface area contributed by atoms with Gasteiger partial charge in [-0.15, -0.1) is 11.3 Å². The molecule has 1 aromatic heterocycles. The van der Waals surface area contributed by atoms with E-state index < -0.39 is 0 Å². The predicted molar refractivity (Wildman–Crippen MR) is 95.0 cm³/mol. The fourth-order valence-electron chi connectivity index (χ4n) is 2.25. The summed E-state index contributed by atoms with van der Waals surface area (Å²) in [5.41, 5.74) is 1.71. The van der Waals surface area contributed by atoms with Crippen LogP contribution >= 0.6 is 11.3 Å². The summed E-state index contributed by atoms with van der Waals surface area (Å²) in [5.74, 6) is 1.20. The molecule has 0 saturated carbocycles. The van der Waals surface area contributed by atoms with Gasteiger partial charge in [0, 0.05) is 13.1 Å². The van der Waals surface area contributed by atoms with E-state index in [-0.39, 0.29) is 5.91 Å². The van der Waals surface area contributed by atoms with Gasteiger partial charge in [0.25, 0.3) is 5.91 Å². The summed E-state index contributed by atoms with van der Waals surface area (Å²) in [6, 6.07) is 5.59. The molecule has 1 amide bonds. The third-order valence-electron chi connectivity index (χ3n) is 3.40. The summed E-state index contributed by atoms with van der Waals surface area (Å²) in [7, 11) is 7.14. The zero-order valence-corrected chi connectivity index (χ0v) is 15.5. The minimum Gasteiger partial charge on any atom is -0.493 e. The van der Waals surface area contributed by atoms with Gasteiger partial charge in [0.05, 0.1) is 19.9 Å². The van der Waals surface area contributed by atoms with Gasteiger partial charge in [0.2, 0.25) is 0 Å². The molecule has 0 spiro atoms. The Morgan fingerprint density at radius 3 is 2.58 bits per heavy atom. The lowest BCUT2D eigenvalue weighted by molar-refractivity contribution is 0.0954. The first-order chi connectivity index (χ1) is 11.4. The Morgan fingerprint density at radius 2 is 1.96 bits per heavy atom. The molecule has 0 saturated heterocycles. The zero-order chi connectivity index (χ0) is 17.7. The monoisotopic (exact) mass is 349 g/mol. The lowest BCUT2D eigenvalue weighted by Crippen LogP contribution is -2.22. The number of methoxy groups -OCH3 is 2. The van der Waals surface area contributed by atoms with Crippen LogP contribution in [0.25, 0.3) is 0 Å². The Kier molecular flexibility index (Phi) is 6.16. The first-order valence-corrected chi connectivity index (χ1v) is 8.36. The van der Waals surface area contributed by atoms with Crippen molar-refractivity contribution < 1.29 is 14.3 Å². The van der Waals surface area contributed by atoms with E-state index in [4.69, 9.17) is 9.47 Å². The Hall–Kier alpha value is -2.12. The van der Waals surface area contributed by atoms with E-state index in [9.17, 15) is 4.79 Å². The van der Waals surface area contributed by atoms with Crippen molar-refractivity contribution in [1.29, 1.82) is 0 Å². The number of rotatable bonds is 7. The second-order valence-electron chi connectivity index (χ2n) is 5.63. The molecule has 2 rings (SSSR count). The van der Waals surface area contributed by atoms with Gasteiger partial charge in [0.15, 0.2) is 11.5 Å². The van der Waals surface area contributed by atoms with Crippen LogP contribution in [0.2, 0.25) is 0 Å². The second-order valence-corrected chi connectivity index (χ2v) is 6.72. The molecule has 6 nitrogen and oxygen atoms in total. The molecule has 0 fully saturated rings. The van der Waals surface area contributed by atoms with Gasteiger partial charge < -0.3 is 19.7 Å². The maximum Gasteiger partial charge on any atom is 0.263 e. The van der Waals surface area contributed by atoms with Crippen molar-refractivity contribution in [3.05, 3.63) is 39.3 Å². The highest BCUT2D eigenvalue weighted by Gasteiger charge is 2.15. The van der Waals surface area contributed by atoms with Crippen molar-refractivity contribution in [2.24, 2.45) is 0 Å². The van der Waals surface area contributed by atoms with E-state index in [1.807, 2.05) is 44.1 Å². The third-order valence-corrected chi connectivity index (χ3v) is 4.54. The molecule has 1 aromatic carbocycles. The number of benzene rings is 1. The molecule has 1 N–H and O–H groups in total. The first-order valence-electron chi connectivity index (χ1n) is 7.54. The Labute approximate surface area is 146 Å². The van der Waals surface area contributed by atoms with Crippen LogP contribution in [0.3, 0.4) is 0 Å². The summed E-state index contributed by atoms with van der Waals surface area (Å²) in [6.07, 6.45) is 0. The molecule has 24 heavy (non-hydrogen) atoms. The van der Waals surface area contributed by atoms with Crippen molar-refractivity contribution >= 4 is 17.2 Å². The standard InChI is InChI=1S/C17H23N3O3S/c1-11-16(24-15(19-11)10-20(2)3)17(21)18-9-12-6-7-13(22-4)14(8-12)23-5/h6-8H,9-10H2,1-5H3,(H,18,21). The van der Waals surface area contributed by atoms with Crippen LogP contribution in [0.15, 0.2) is 18.2 Å². The quantitative estimate of drug-likeness (QED) is 0.832. The number of carbonyl (C=O) groups excluding carboxylic acids is 1. The summed E-state index contributed by atoms with van der Waals surface area (Å²) >= 11 is 1.44. The highest BCUT2D eigenvalue weighted by molar-refractivity contribution is 7.13. The second kappa shape index (κ2) is 8.12. The van der Waals surface area contributed by atoms with E-state index in [0.29, 0.717) is 22.9 Å². The number of carbonyl (C=O) groups is 1. The number of aromatic nitrogens is 1. The van der Waals surface area contributed by atoms with Gasteiger partial charge >= 0.3 is 0 Å². The van der Waals surface area contributed by atoms with Crippen LogP contribution in [-0.4, -0.2) is 44.1 Å². The van der Waals surface area contributed by atoms with Gasteiger partial charge in [-0.2, -0.15) is 0 Å². The normalized spacial score (nSPS) is 10.8. The topological polar surface area (TPSA) is 63.7 Å². The van der Waals surface area contributed by atoms with E-state index in [1.165, 1.54) is 11.3 Å². The summed E-state index contributed by atoms with van der Waals surface area (Å²) in [5, 5.41) is 3.87. The van der Waals surface area contributed by atoms with Gasteiger partial charge in [-0.1, -0.05) is 6.07 Å². The van der Waals surface area contributed by atoms with Crippen molar-refractivity contribution in [1.82, 2.24) is 15.2 Å². The fourth-order valence-corrected chi connectivity index (χ4v) is 3.35. The number of hydrogen-bond donors (Lipinski definition) is 1. The van der Waals surface area contributed by atoms with Crippen LogP contribution in [0.1, 0.15) is 25.9 Å². The predicted octanol–water partition coefficient (Wildman–Crippen LogP) is 2.46. The molecule has 1 heterocycles. The van der Waals surface area contributed by atoms with Gasteiger partial charge in [-0.3, -0.25) is 4.79 Å². The van der Waals surface area contributed by atoms with Crippen LogP contribution in [0, 0.1) is 6.92 Å². The lowest BCUT2D eigenvalue weighted by atomic mass is 10.2. The summed E-state index contributed by atoms with van der Waals surface area (Å²) in [6.45, 7) is 3.01. The first kappa shape index (κ1) is 18.2. The Morgan fingerprint density at radius 1 is 1.25 bits per heavy atom. The molecule has 0 atom stereocenters. The molecule has 0 aliphatic heterocycles. The smallest absolute Gasteiger partial charge is 0.263 e. The van der Waals surface area contributed by atoms with Crippen LogP contribution in [0.4, 0.5) is 0 Å². The fraction of sp³-hybridized carbons (Fsp3) is 0.412. The highest BCUT2D eigenvalue weighted by atomic mass is 32.1. The summed E-state index contributed by atoms with van der Waals surface area (Å²) < 4.78 is 10.5. The van der Waals surface area contributed by atoms with Crippen molar-refractivity contribution in [2.75, 3.05) is 28.3 Å². The minimum absolute atomic E-state index is 0.107. The highest BCUT2D eigenvalue weighted by Crippen LogP contribution is 2.27. The minimum atomic E-state index is -0.107. The van der Waals surface area contributed by atoms with Crippen molar-refractivity contribution in [2.45, 2.75) is 20.0 Å². The van der Waals surface area contributed by atoms with Crippen molar-refractivity contribution in [3.63, 3.8) is 0 Å². The molecule has 2 aromatic rings. The molecule has 0 unspecified atom stereocenters. The van der Waals surface area contributed by atoms with Crippen molar-refractivity contribution in [3.8, 4) is 11.5 Å². The number of ether oxygens (including phenoxy) is 2. The molecule has 0 radical (unpaired) electrons. The lowest BCUT2D eigenvalue weighted by Gasteiger charge is -2.10. The van der Waals surface area contributed by atoms with E-state index in [0.717, 1.165) is 22.8 Å². The Balaban J connectivity index is 2.04. The SMILES string of the molecule is COc1ccc(CNC(=O)c2sc(CN(C)C)nc2C)cc1OC. The van der Waals surface area contributed by atoms with E-state index in [2.05, 4.69) is 10.3 Å². The van der Waals surface area contributed by atoms with Gasteiger partial charge in [0.1, 0.15) is 9.88 Å². The maximum absolute atomic E-state index is 12.4. The molecular weight excluding hydrogens is 326 g/mol. The molecule has 0 aliphatic carbocycles. The third kappa shape index (κ3) is 4.46. The largest absolute Gasteiger partial charge is 0.493 e. The zero-order valence-electron chi connectivity index (χ0n) is 14.7. The number of amides is 1. The van der Waals surface area contributed by atoms with Crippen LogP contribution in [0.5, 0.6) is 11.5 Å². The van der Waals surface area contributed by atoms with Gasteiger partial charge in [-0.05, 0) is 38.7 Å². The number of hydrogen-bond acceptors (Lipinski definition) is 6. The maximum atomic E-state index is 12.4. The number of aryl methyl sites for hydroxylation is 1. The Bertz CT molecular complexity index is 713. The number of nitrogens with one attached hydrogen (secondary N) is 1. The number of nitrogens with zero attached hydrogens (tertiary/aromatic N) is 2. The van der Waals surface area contributed by atoms with Gasteiger partial charge in [-0.25, -0.2) is 4.98 Å².